The minimum atomic E-state index is -4.81. The largest absolute Gasteiger partial charge is 0.748 e. The van der Waals surface area contributed by atoms with E-state index in [0.29, 0.717) is 0 Å². The average molecular weight is 282 g/mol. The summed E-state index contributed by atoms with van der Waals surface area (Å²) in [6, 6.07) is 0. The van der Waals surface area contributed by atoms with Gasteiger partial charge in [0.05, 0.1) is 22.3 Å². The van der Waals surface area contributed by atoms with Gasteiger partial charge in [0.25, 0.3) is 0 Å². The number of rotatable bonds is 3. The van der Waals surface area contributed by atoms with E-state index in [4.69, 9.17) is 0 Å². The summed E-state index contributed by atoms with van der Waals surface area (Å²) in [6.45, 7) is 4.39. The lowest BCUT2D eigenvalue weighted by Crippen LogP contribution is -2.56. The Bertz CT molecular complexity index is 549. The predicted molar refractivity (Wildman–Crippen MR) is 58.9 cm³/mol. The molecule has 1 rings (SSSR count). The van der Waals surface area contributed by atoms with Crippen molar-refractivity contribution in [2.24, 2.45) is 0 Å². The van der Waals surface area contributed by atoms with Crippen LogP contribution in [0.15, 0.2) is 12.7 Å². The van der Waals surface area contributed by atoms with Gasteiger partial charge in [0, 0.05) is 0 Å². The highest BCUT2D eigenvalue weighted by atomic mass is 32.2. The van der Waals surface area contributed by atoms with Crippen LogP contribution in [-0.4, -0.2) is 49.6 Å². The van der Waals surface area contributed by atoms with Crippen LogP contribution in [0.5, 0.6) is 0 Å². The molecule has 0 spiro atoms. The topological polar surface area (TPSA) is 120 Å². The van der Waals surface area contributed by atoms with Gasteiger partial charge in [-0.25, -0.2) is 16.8 Å². The molecule has 1 saturated heterocycles. The van der Waals surface area contributed by atoms with Crippen molar-refractivity contribution in [3.63, 3.8) is 0 Å². The molecule has 0 aromatic heterocycles. The van der Waals surface area contributed by atoms with Gasteiger partial charge in [0.2, 0.25) is 5.91 Å². The lowest BCUT2D eigenvalue weighted by atomic mass is 10.0. The molecule has 0 radical (unpaired) electrons. The van der Waals surface area contributed by atoms with Gasteiger partial charge >= 0.3 is 0 Å². The lowest BCUT2D eigenvalue weighted by Gasteiger charge is -2.32. The van der Waals surface area contributed by atoms with Crippen molar-refractivity contribution in [1.82, 2.24) is 5.32 Å². The third kappa shape index (κ3) is 3.05. The van der Waals surface area contributed by atoms with Crippen molar-refractivity contribution in [3.8, 4) is 0 Å². The maximum atomic E-state index is 11.4. The monoisotopic (exact) mass is 282 g/mol. The van der Waals surface area contributed by atoms with E-state index in [1.54, 1.807) is 0 Å². The molecule has 1 N–H and O–H groups in total. The first-order chi connectivity index (χ1) is 7.50. The summed E-state index contributed by atoms with van der Waals surface area (Å²) < 4.78 is 55.8. The molecule has 9 heteroatoms. The molecule has 0 aromatic rings. The molecule has 1 aliphatic heterocycles. The molecule has 1 amide bonds. The number of hydrogen-bond donors (Lipinski definition) is 1. The summed E-state index contributed by atoms with van der Waals surface area (Å²) in [4.78, 5) is 11.1. The minimum absolute atomic E-state index is 0.578. The van der Waals surface area contributed by atoms with Gasteiger partial charge in [-0.3, -0.25) is 4.79 Å². The Labute approximate surface area is 99.6 Å². The van der Waals surface area contributed by atoms with Crippen LogP contribution in [0.3, 0.4) is 0 Å². The quantitative estimate of drug-likeness (QED) is 0.491. The highest BCUT2D eigenvalue weighted by molar-refractivity contribution is 7.94. The normalized spacial score (nSPS) is 32.0. The highest BCUT2D eigenvalue weighted by Gasteiger charge is 2.51. The van der Waals surface area contributed by atoms with Crippen molar-refractivity contribution in [2.45, 2.75) is 17.7 Å². The van der Waals surface area contributed by atoms with Gasteiger partial charge in [-0.05, 0) is 13.0 Å². The average Bonchev–Trinajstić information content (AvgIpc) is 2.35. The Hall–Kier alpha value is -0.930. The van der Waals surface area contributed by atoms with Gasteiger partial charge in [0.15, 0.2) is 9.84 Å². The SMILES string of the molecule is C=CC(=O)N[C@@]1(C)CS(=O)(=O)C[C@H]1S(=O)(=O)[O-]. The minimum Gasteiger partial charge on any atom is -0.748 e. The second-order valence-corrected chi connectivity index (χ2v) is 7.81. The van der Waals surface area contributed by atoms with E-state index in [2.05, 4.69) is 11.9 Å². The summed E-state index contributed by atoms with van der Waals surface area (Å²) in [5.74, 6) is -2.07. The van der Waals surface area contributed by atoms with Crippen LogP contribution >= 0.6 is 0 Å². The fourth-order valence-corrected chi connectivity index (χ4v) is 6.18. The van der Waals surface area contributed by atoms with Crippen molar-refractivity contribution >= 4 is 25.9 Å². The Morgan fingerprint density at radius 2 is 2.12 bits per heavy atom. The van der Waals surface area contributed by atoms with Gasteiger partial charge in [-0.1, -0.05) is 6.58 Å². The van der Waals surface area contributed by atoms with Gasteiger partial charge < -0.3 is 9.87 Å². The number of hydrogen-bond acceptors (Lipinski definition) is 6. The van der Waals surface area contributed by atoms with Crippen molar-refractivity contribution in [2.75, 3.05) is 11.5 Å². The molecule has 1 aliphatic rings. The molecule has 0 aliphatic carbocycles. The van der Waals surface area contributed by atoms with Gasteiger partial charge in [-0.2, -0.15) is 0 Å². The van der Waals surface area contributed by atoms with Crippen LogP contribution in [0.1, 0.15) is 6.92 Å². The van der Waals surface area contributed by atoms with Crippen LogP contribution in [0.4, 0.5) is 0 Å². The van der Waals surface area contributed by atoms with Crippen LogP contribution in [0, 0.1) is 0 Å². The highest BCUT2D eigenvalue weighted by Crippen LogP contribution is 2.28. The number of sulfone groups is 1. The van der Waals surface area contributed by atoms with Crippen LogP contribution in [-0.2, 0) is 24.7 Å². The first kappa shape index (κ1) is 14.1. The second-order valence-electron chi connectivity index (χ2n) is 4.15. The zero-order valence-electron chi connectivity index (χ0n) is 9.04. The predicted octanol–water partition coefficient (Wildman–Crippen LogP) is -1.61. The van der Waals surface area contributed by atoms with Crippen LogP contribution in [0.25, 0.3) is 0 Å². The first-order valence-corrected chi connectivity index (χ1v) is 7.89. The van der Waals surface area contributed by atoms with Crippen LogP contribution < -0.4 is 5.32 Å². The van der Waals surface area contributed by atoms with Crippen molar-refractivity contribution in [1.29, 1.82) is 0 Å². The zero-order valence-corrected chi connectivity index (χ0v) is 10.7. The second kappa shape index (κ2) is 4.07. The number of amides is 1. The summed E-state index contributed by atoms with van der Waals surface area (Å²) in [5.41, 5.74) is -1.61. The molecule has 0 aromatic carbocycles. The maximum Gasteiger partial charge on any atom is 0.243 e. The van der Waals surface area contributed by atoms with Crippen molar-refractivity contribution in [3.05, 3.63) is 12.7 Å². The number of nitrogens with one attached hydrogen (secondary N) is 1. The van der Waals surface area contributed by atoms with E-state index in [9.17, 15) is 26.2 Å². The molecule has 0 bridgehead atoms. The van der Waals surface area contributed by atoms with E-state index in [-0.39, 0.29) is 0 Å². The Kier molecular flexibility index (Phi) is 3.38. The molecular weight excluding hydrogens is 270 g/mol. The third-order valence-electron chi connectivity index (χ3n) is 2.58. The van der Waals surface area contributed by atoms with Crippen molar-refractivity contribution < 1.29 is 26.2 Å². The van der Waals surface area contributed by atoms with E-state index >= 15 is 0 Å². The third-order valence-corrected chi connectivity index (χ3v) is 6.05. The molecule has 7 nitrogen and oxygen atoms in total. The standard InChI is InChI=1S/C8H13NO6S2/c1-3-7(10)9-8(2)5-16(11,12)4-6(8)17(13,14)15/h3,6H,1,4-5H2,2H3,(H,9,10)(H,13,14,15)/p-1/t6-,8+/m1/s1. The van der Waals surface area contributed by atoms with Gasteiger partial charge in [-0.15, -0.1) is 0 Å². The Morgan fingerprint density at radius 3 is 2.53 bits per heavy atom. The summed E-state index contributed by atoms with van der Waals surface area (Å²) in [5, 5.41) is 0.525. The van der Waals surface area contributed by atoms with E-state index in [1.165, 1.54) is 6.92 Å². The molecule has 17 heavy (non-hydrogen) atoms. The first-order valence-electron chi connectivity index (χ1n) is 4.60. The molecule has 2 atom stereocenters. The summed E-state index contributed by atoms with van der Waals surface area (Å²) in [7, 11) is -8.48. The molecular formula is C8H12NO6S2-. The molecule has 0 unspecified atom stereocenters. The van der Waals surface area contributed by atoms with Gasteiger partial charge in [0.1, 0.15) is 10.1 Å². The molecule has 1 fully saturated rings. The summed E-state index contributed by atoms with van der Waals surface area (Å²) >= 11 is 0. The number of carbonyl (C=O) groups excluding carboxylic acids is 1. The van der Waals surface area contributed by atoms with Crippen LogP contribution in [0.2, 0.25) is 0 Å². The smallest absolute Gasteiger partial charge is 0.243 e. The number of carbonyl (C=O) groups is 1. The van der Waals surface area contributed by atoms with E-state index in [1.807, 2.05) is 0 Å². The fourth-order valence-electron chi connectivity index (χ4n) is 1.87. The van der Waals surface area contributed by atoms with E-state index < -0.39 is 48.2 Å². The Morgan fingerprint density at radius 1 is 1.59 bits per heavy atom. The molecule has 0 saturated carbocycles. The lowest BCUT2D eigenvalue weighted by molar-refractivity contribution is -0.117. The molecule has 1 heterocycles. The Balaban J connectivity index is 3.19. The zero-order chi connectivity index (χ0) is 13.5. The maximum absolute atomic E-state index is 11.4. The fraction of sp³-hybridized carbons (Fsp3) is 0.625. The summed E-state index contributed by atoms with van der Waals surface area (Å²) in [6.07, 6.45) is 0.880. The molecule has 98 valence electrons. The van der Waals surface area contributed by atoms with E-state index in [0.717, 1.165) is 6.08 Å².